The van der Waals surface area contributed by atoms with Crippen molar-refractivity contribution in [2.75, 3.05) is 0 Å². The lowest BCUT2D eigenvalue weighted by Crippen LogP contribution is -1.87. The first-order chi connectivity index (χ1) is 8.65. The third-order valence-corrected chi connectivity index (χ3v) is 3.68. The first-order valence-corrected chi connectivity index (χ1v) is 6.40. The van der Waals surface area contributed by atoms with Gasteiger partial charge in [0.2, 0.25) is 0 Å². The van der Waals surface area contributed by atoms with Gasteiger partial charge in [0.1, 0.15) is 27.0 Å². The van der Waals surface area contributed by atoms with Crippen LogP contribution < -0.4 is 0 Å². The van der Waals surface area contributed by atoms with Gasteiger partial charge in [-0.3, -0.25) is 0 Å². The maximum Gasteiger partial charge on any atom is 0.159 e. The summed E-state index contributed by atoms with van der Waals surface area (Å²) in [5.74, 6) is 0.272. The Bertz CT molecular complexity index is 741. The van der Waals surface area contributed by atoms with E-state index in [1.807, 2.05) is 0 Å². The molecule has 0 N–H and O–H groups in total. The molecule has 0 aliphatic rings. The van der Waals surface area contributed by atoms with Crippen molar-refractivity contribution in [2.45, 2.75) is 6.92 Å². The van der Waals surface area contributed by atoms with Gasteiger partial charge < -0.3 is 0 Å². The second-order valence-corrected chi connectivity index (χ2v) is 5.05. The van der Waals surface area contributed by atoms with E-state index in [0.717, 1.165) is 0 Å². The average Bonchev–Trinajstić information content (AvgIpc) is 2.73. The highest BCUT2D eigenvalue weighted by Crippen LogP contribution is 2.32. The van der Waals surface area contributed by atoms with Crippen LogP contribution in [-0.4, -0.2) is 15.0 Å². The van der Waals surface area contributed by atoms with Crippen LogP contribution in [0.4, 0.5) is 4.39 Å². The third kappa shape index (κ3) is 1.85. The lowest BCUT2D eigenvalue weighted by atomic mass is 10.2. The van der Waals surface area contributed by atoms with Crippen LogP contribution in [0.1, 0.15) is 5.82 Å². The monoisotopic (exact) mass is 279 g/mol. The zero-order chi connectivity index (χ0) is 12.7. The SMILES string of the molecule is Cc1nc(Cl)c2nc(-c3ccccc3F)sc2n1. The van der Waals surface area contributed by atoms with Crippen LogP contribution in [0.5, 0.6) is 0 Å². The van der Waals surface area contributed by atoms with Crippen molar-refractivity contribution < 1.29 is 4.39 Å². The summed E-state index contributed by atoms with van der Waals surface area (Å²) in [7, 11) is 0. The molecule has 0 atom stereocenters. The Morgan fingerprint density at radius 2 is 1.94 bits per heavy atom. The quantitative estimate of drug-likeness (QED) is 0.635. The number of aryl methyl sites for hydroxylation is 1. The molecule has 0 aliphatic heterocycles. The lowest BCUT2D eigenvalue weighted by Gasteiger charge is -1.96. The van der Waals surface area contributed by atoms with Crippen LogP contribution in [-0.2, 0) is 0 Å². The van der Waals surface area contributed by atoms with E-state index in [-0.39, 0.29) is 5.82 Å². The normalized spacial score (nSPS) is 11.1. The van der Waals surface area contributed by atoms with Crippen molar-refractivity contribution in [2.24, 2.45) is 0 Å². The van der Waals surface area contributed by atoms with Crippen LogP contribution in [0.25, 0.3) is 20.9 Å². The molecule has 0 aliphatic carbocycles. The summed E-state index contributed by atoms with van der Waals surface area (Å²) >= 11 is 7.31. The molecule has 6 heteroatoms. The predicted molar refractivity (Wildman–Crippen MR) is 70.4 cm³/mol. The smallest absolute Gasteiger partial charge is 0.159 e. The summed E-state index contributed by atoms with van der Waals surface area (Å²) in [4.78, 5) is 13.3. The van der Waals surface area contributed by atoms with Gasteiger partial charge in [-0.25, -0.2) is 19.3 Å². The van der Waals surface area contributed by atoms with Gasteiger partial charge in [-0.1, -0.05) is 35.1 Å². The average molecular weight is 280 g/mol. The molecule has 90 valence electrons. The van der Waals surface area contributed by atoms with Crippen molar-refractivity contribution in [3.8, 4) is 10.6 Å². The largest absolute Gasteiger partial charge is 0.231 e. The van der Waals surface area contributed by atoms with Crippen LogP contribution in [0.2, 0.25) is 5.15 Å². The van der Waals surface area contributed by atoms with E-state index in [4.69, 9.17) is 11.6 Å². The Balaban J connectivity index is 2.26. The van der Waals surface area contributed by atoms with Crippen molar-refractivity contribution in [3.63, 3.8) is 0 Å². The summed E-state index contributed by atoms with van der Waals surface area (Å²) in [5.41, 5.74) is 0.972. The van der Waals surface area contributed by atoms with Gasteiger partial charge in [-0.15, -0.1) is 0 Å². The fourth-order valence-electron chi connectivity index (χ4n) is 1.64. The van der Waals surface area contributed by atoms with Crippen molar-refractivity contribution in [3.05, 3.63) is 41.1 Å². The summed E-state index contributed by atoms with van der Waals surface area (Å²) < 4.78 is 13.7. The Morgan fingerprint density at radius 1 is 1.17 bits per heavy atom. The predicted octanol–water partition coefficient (Wildman–Crippen LogP) is 3.85. The molecule has 0 amide bonds. The number of thiazole rings is 1. The summed E-state index contributed by atoms with van der Waals surface area (Å²) in [6.45, 7) is 1.76. The second kappa shape index (κ2) is 4.26. The van der Waals surface area contributed by atoms with E-state index in [1.54, 1.807) is 25.1 Å². The molecule has 0 fully saturated rings. The summed E-state index contributed by atoms with van der Waals surface area (Å²) in [6.07, 6.45) is 0. The van der Waals surface area contributed by atoms with Gasteiger partial charge >= 0.3 is 0 Å². The van der Waals surface area contributed by atoms with Gasteiger partial charge in [-0.2, -0.15) is 0 Å². The maximum atomic E-state index is 13.7. The van der Waals surface area contributed by atoms with Gasteiger partial charge in [-0.05, 0) is 19.1 Å². The molecule has 0 unspecified atom stereocenters. The molecule has 0 bridgehead atoms. The number of aromatic nitrogens is 3. The first-order valence-electron chi connectivity index (χ1n) is 5.21. The Labute approximate surface area is 111 Å². The lowest BCUT2D eigenvalue weighted by molar-refractivity contribution is 0.631. The molecule has 3 nitrogen and oxygen atoms in total. The van der Waals surface area contributed by atoms with Crippen LogP contribution in [0.3, 0.4) is 0 Å². The van der Waals surface area contributed by atoms with Gasteiger partial charge in [0.15, 0.2) is 5.15 Å². The highest BCUT2D eigenvalue weighted by Gasteiger charge is 2.14. The Hall–Kier alpha value is -1.59. The number of fused-ring (bicyclic) bond motifs is 1. The van der Waals surface area contributed by atoms with Gasteiger partial charge in [0.05, 0.1) is 0 Å². The fraction of sp³-hybridized carbons (Fsp3) is 0.0833. The molecular formula is C12H7ClFN3S. The molecule has 0 saturated carbocycles. The molecule has 1 aromatic carbocycles. The molecule has 3 aromatic rings. The number of hydrogen-bond acceptors (Lipinski definition) is 4. The number of benzene rings is 1. The highest BCUT2D eigenvalue weighted by atomic mass is 35.5. The number of nitrogens with zero attached hydrogens (tertiary/aromatic N) is 3. The number of halogens is 2. The van der Waals surface area contributed by atoms with E-state index in [9.17, 15) is 4.39 Å². The van der Waals surface area contributed by atoms with Gasteiger partial charge in [0, 0.05) is 5.56 Å². The summed E-state index contributed by atoms with van der Waals surface area (Å²) in [6, 6.07) is 6.49. The number of hydrogen-bond donors (Lipinski definition) is 0. The number of rotatable bonds is 1. The molecule has 0 spiro atoms. The van der Waals surface area contributed by atoms with E-state index in [0.29, 0.717) is 31.9 Å². The molecule has 2 heterocycles. The van der Waals surface area contributed by atoms with Crippen molar-refractivity contribution >= 4 is 33.3 Å². The molecule has 0 saturated heterocycles. The minimum absolute atomic E-state index is 0.302. The topological polar surface area (TPSA) is 38.7 Å². The van der Waals surface area contributed by atoms with Crippen LogP contribution >= 0.6 is 22.9 Å². The standard InChI is InChI=1S/C12H7ClFN3S/c1-6-15-10(13)9-12(16-6)18-11(17-9)7-4-2-3-5-8(7)14/h2-5H,1H3. The second-order valence-electron chi connectivity index (χ2n) is 3.71. The first kappa shape index (κ1) is 11.5. The minimum Gasteiger partial charge on any atom is -0.231 e. The zero-order valence-corrected chi connectivity index (χ0v) is 10.9. The Kier molecular flexibility index (Phi) is 2.72. The minimum atomic E-state index is -0.308. The third-order valence-electron chi connectivity index (χ3n) is 2.43. The van der Waals surface area contributed by atoms with E-state index < -0.39 is 0 Å². The zero-order valence-electron chi connectivity index (χ0n) is 9.32. The van der Waals surface area contributed by atoms with Gasteiger partial charge in [0.25, 0.3) is 0 Å². The fourth-order valence-corrected chi connectivity index (χ4v) is 2.96. The van der Waals surface area contributed by atoms with E-state index in [2.05, 4.69) is 15.0 Å². The van der Waals surface area contributed by atoms with E-state index >= 15 is 0 Å². The van der Waals surface area contributed by atoms with E-state index in [1.165, 1.54) is 17.4 Å². The Morgan fingerprint density at radius 3 is 2.72 bits per heavy atom. The summed E-state index contributed by atoms with van der Waals surface area (Å²) in [5, 5.41) is 0.862. The van der Waals surface area contributed by atoms with Crippen molar-refractivity contribution in [1.29, 1.82) is 0 Å². The molecule has 0 radical (unpaired) electrons. The molecule has 3 rings (SSSR count). The molecule has 2 aromatic heterocycles. The van der Waals surface area contributed by atoms with Crippen molar-refractivity contribution in [1.82, 2.24) is 15.0 Å². The molecular weight excluding hydrogens is 273 g/mol. The maximum absolute atomic E-state index is 13.7. The van der Waals surface area contributed by atoms with Crippen LogP contribution in [0.15, 0.2) is 24.3 Å². The van der Waals surface area contributed by atoms with Crippen LogP contribution in [0, 0.1) is 12.7 Å². The highest BCUT2D eigenvalue weighted by molar-refractivity contribution is 7.21. The molecule has 18 heavy (non-hydrogen) atoms.